The van der Waals surface area contributed by atoms with Crippen LogP contribution < -0.4 is 5.32 Å². The van der Waals surface area contributed by atoms with Gasteiger partial charge in [0, 0.05) is 31.2 Å². The Morgan fingerprint density at radius 2 is 2.17 bits per heavy atom. The van der Waals surface area contributed by atoms with Crippen LogP contribution in [0.2, 0.25) is 0 Å². The molecule has 0 bridgehead atoms. The van der Waals surface area contributed by atoms with Crippen LogP contribution in [-0.4, -0.2) is 57.5 Å². The van der Waals surface area contributed by atoms with E-state index in [4.69, 9.17) is 4.74 Å². The zero-order valence-corrected chi connectivity index (χ0v) is 14.7. The number of morpholine rings is 1. The quantitative estimate of drug-likeness (QED) is 0.904. The Balaban J connectivity index is 1.67. The Kier molecular flexibility index (Phi) is 5.06. The standard InChI is InChI=1S/C17H26N2O3S/c1-13(19-8-9-22-12-14(19)2)11-18-16-7-10-23(20,21)17-6-4-3-5-15(16)17/h3-6,13-14,16,18H,7-12H2,1-2H3/t13-,14+,16-/m1/s1. The van der Waals surface area contributed by atoms with E-state index in [1.165, 1.54) is 0 Å². The van der Waals surface area contributed by atoms with E-state index in [1.54, 1.807) is 12.1 Å². The molecule has 3 atom stereocenters. The molecule has 1 N–H and O–H groups in total. The Morgan fingerprint density at radius 1 is 1.39 bits per heavy atom. The zero-order chi connectivity index (χ0) is 16.4. The van der Waals surface area contributed by atoms with Gasteiger partial charge in [-0.05, 0) is 31.9 Å². The summed E-state index contributed by atoms with van der Waals surface area (Å²) in [5.41, 5.74) is 0.918. The van der Waals surface area contributed by atoms with Crippen LogP contribution in [0.15, 0.2) is 29.2 Å². The molecule has 128 valence electrons. The first-order chi connectivity index (χ1) is 11.0. The molecule has 2 aliphatic heterocycles. The summed E-state index contributed by atoms with van der Waals surface area (Å²) < 4.78 is 29.9. The number of ether oxygens (including phenoxy) is 1. The number of fused-ring (bicyclic) bond motifs is 1. The molecule has 0 aliphatic carbocycles. The van der Waals surface area contributed by atoms with Crippen molar-refractivity contribution in [3.8, 4) is 0 Å². The third-order valence-electron chi connectivity index (χ3n) is 4.95. The van der Waals surface area contributed by atoms with E-state index < -0.39 is 9.84 Å². The third-order valence-corrected chi connectivity index (χ3v) is 6.76. The summed E-state index contributed by atoms with van der Waals surface area (Å²) in [6, 6.07) is 8.34. The summed E-state index contributed by atoms with van der Waals surface area (Å²) in [7, 11) is -3.11. The van der Waals surface area contributed by atoms with Gasteiger partial charge in [-0.25, -0.2) is 8.42 Å². The van der Waals surface area contributed by atoms with Gasteiger partial charge in [-0.15, -0.1) is 0 Å². The molecule has 0 radical (unpaired) electrons. The van der Waals surface area contributed by atoms with Gasteiger partial charge in [-0.3, -0.25) is 4.90 Å². The van der Waals surface area contributed by atoms with Crippen molar-refractivity contribution in [2.75, 3.05) is 32.1 Å². The minimum atomic E-state index is -3.11. The molecule has 0 saturated carbocycles. The Morgan fingerprint density at radius 3 is 2.96 bits per heavy atom. The van der Waals surface area contributed by atoms with Crippen molar-refractivity contribution in [3.05, 3.63) is 29.8 Å². The van der Waals surface area contributed by atoms with Gasteiger partial charge in [-0.1, -0.05) is 18.2 Å². The second-order valence-electron chi connectivity index (χ2n) is 6.62. The van der Waals surface area contributed by atoms with Gasteiger partial charge in [-0.2, -0.15) is 0 Å². The molecule has 1 aromatic carbocycles. The van der Waals surface area contributed by atoms with Gasteiger partial charge >= 0.3 is 0 Å². The minimum Gasteiger partial charge on any atom is -0.379 e. The highest BCUT2D eigenvalue weighted by atomic mass is 32.2. The van der Waals surface area contributed by atoms with Crippen LogP contribution in [0, 0.1) is 0 Å². The first-order valence-corrected chi connectivity index (χ1v) is 10.0. The Hall–Kier alpha value is -0.950. The van der Waals surface area contributed by atoms with Gasteiger partial charge in [0.15, 0.2) is 9.84 Å². The number of nitrogens with zero attached hydrogens (tertiary/aromatic N) is 1. The molecular weight excluding hydrogens is 312 g/mol. The SMILES string of the molecule is C[C@H](CN[C@@H]1CCS(=O)(=O)c2ccccc21)N1CCOC[C@@H]1C. The number of nitrogens with one attached hydrogen (secondary N) is 1. The lowest BCUT2D eigenvalue weighted by atomic mass is 10.0. The Labute approximate surface area is 138 Å². The van der Waals surface area contributed by atoms with Crippen molar-refractivity contribution < 1.29 is 13.2 Å². The van der Waals surface area contributed by atoms with Crippen LogP contribution in [0.5, 0.6) is 0 Å². The highest BCUT2D eigenvalue weighted by molar-refractivity contribution is 7.91. The minimum absolute atomic E-state index is 0.119. The average molecular weight is 338 g/mol. The second-order valence-corrected chi connectivity index (χ2v) is 8.69. The molecule has 2 aliphatic rings. The molecule has 0 spiro atoms. The van der Waals surface area contributed by atoms with Gasteiger partial charge in [0.2, 0.25) is 0 Å². The topological polar surface area (TPSA) is 58.6 Å². The van der Waals surface area contributed by atoms with Crippen molar-refractivity contribution in [2.45, 2.75) is 43.3 Å². The maximum Gasteiger partial charge on any atom is 0.178 e. The fourth-order valence-electron chi connectivity index (χ4n) is 3.63. The fourth-order valence-corrected chi connectivity index (χ4v) is 5.25. The molecule has 0 amide bonds. The molecular formula is C17H26N2O3S. The van der Waals surface area contributed by atoms with Crippen molar-refractivity contribution in [2.24, 2.45) is 0 Å². The number of benzene rings is 1. The first-order valence-electron chi connectivity index (χ1n) is 8.37. The van der Waals surface area contributed by atoms with E-state index >= 15 is 0 Å². The summed E-state index contributed by atoms with van der Waals surface area (Å²) in [4.78, 5) is 2.96. The van der Waals surface area contributed by atoms with Gasteiger partial charge in [0.25, 0.3) is 0 Å². The molecule has 1 aromatic rings. The maximum atomic E-state index is 12.2. The highest BCUT2D eigenvalue weighted by Crippen LogP contribution is 2.31. The second kappa shape index (κ2) is 6.89. The van der Waals surface area contributed by atoms with Crippen molar-refractivity contribution in [1.29, 1.82) is 0 Å². The molecule has 1 fully saturated rings. The van der Waals surface area contributed by atoms with Crippen LogP contribution in [0.1, 0.15) is 31.9 Å². The van der Waals surface area contributed by atoms with Crippen molar-refractivity contribution >= 4 is 9.84 Å². The number of rotatable bonds is 4. The van der Waals surface area contributed by atoms with Crippen LogP contribution in [-0.2, 0) is 14.6 Å². The summed E-state index contributed by atoms with van der Waals surface area (Å²) in [6.45, 7) is 7.80. The third kappa shape index (κ3) is 3.60. The molecule has 0 unspecified atom stereocenters. The predicted octanol–water partition coefficient (Wildman–Crippen LogP) is 1.60. The van der Waals surface area contributed by atoms with E-state index in [0.717, 1.165) is 31.9 Å². The first kappa shape index (κ1) is 16.9. The lowest BCUT2D eigenvalue weighted by Gasteiger charge is -2.38. The van der Waals surface area contributed by atoms with Crippen LogP contribution in [0.25, 0.3) is 0 Å². The van der Waals surface area contributed by atoms with E-state index in [1.807, 2.05) is 12.1 Å². The largest absolute Gasteiger partial charge is 0.379 e. The molecule has 5 nitrogen and oxygen atoms in total. The van der Waals surface area contributed by atoms with Crippen LogP contribution >= 0.6 is 0 Å². The van der Waals surface area contributed by atoms with E-state index in [0.29, 0.717) is 23.4 Å². The van der Waals surface area contributed by atoms with E-state index in [2.05, 4.69) is 24.1 Å². The van der Waals surface area contributed by atoms with Gasteiger partial charge in [0.1, 0.15) is 0 Å². The molecule has 0 aromatic heterocycles. The summed E-state index contributed by atoms with van der Waals surface area (Å²) >= 11 is 0. The lowest BCUT2D eigenvalue weighted by molar-refractivity contribution is -0.0185. The summed E-state index contributed by atoms with van der Waals surface area (Å²) in [5.74, 6) is 0.226. The predicted molar refractivity (Wildman–Crippen MR) is 90.3 cm³/mol. The number of sulfone groups is 1. The lowest BCUT2D eigenvalue weighted by Crippen LogP contribution is -2.51. The number of hydrogen-bond acceptors (Lipinski definition) is 5. The normalized spacial score (nSPS) is 29.0. The van der Waals surface area contributed by atoms with Crippen molar-refractivity contribution in [3.63, 3.8) is 0 Å². The van der Waals surface area contributed by atoms with E-state index in [9.17, 15) is 8.42 Å². The zero-order valence-electron chi connectivity index (χ0n) is 13.9. The maximum absolute atomic E-state index is 12.2. The smallest absolute Gasteiger partial charge is 0.178 e. The van der Waals surface area contributed by atoms with Crippen molar-refractivity contribution in [1.82, 2.24) is 10.2 Å². The summed E-state index contributed by atoms with van der Waals surface area (Å²) in [5, 5.41) is 3.59. The average Bonchev–Trinajstić information content (AvgIpc) is 2.54. The molecule has 3 rings (SSSR count). The summed E-state index contributed by atoms with van der Waals surface area (Å²) in [6.07, 6.45) is 0.644. The fraction of sp³-hybridized carbons (Fsp3) is 0.647. The van der Waals surface area contributed by atoms with Gasteiger partial charge in [0.05, 0.1) is 23.9 Å². The van der Waals surface area contributed by atoms with Gasteiger partial charge < -0.3 is 10.1 Å². The van der Waals surface area contributed by atoms with Crippen LogP contribution in [0.3, 0.4) is 0 Å². The Bertz CT molecular complexity index is 647. The van der Waals surface area contributed by atoms with Crippen LogP contribution in [0.4, 0.5) is 0 Å². The molecule has 6 heteroatoms. The highest BCUT2D eigenvalue weighted by Gasteiger charge is 2.30. The molecule has 2 heterocycles. The van der Waals surface area contributed by atoms with E-state index in [-0.39, 0.29) is 11.8 Å². The monoisotopic (exact) mass is 338 g/mol. The molecule has 23 heavy (non-hydrogen) atoms. The number of hydrogen-bond donors (Lipinski definition) is 1. The molecule has 1 saturated heterocycles.